The molecule has 2 aliphatic heterocycles. The Hall–Kier alpha value is -2.67. The van der Waals surface area contributed by atoms with Gasteiger partial charge in [-0.1, -0.05) is 12.6 Å². The minimum absolute atomic E-state index is 0.0160. The van der Waals surface area contributed by atoms with E-state index in [9.17, 15) is 9.59 Å². The third-order valence-corrected chi connectivity index (χ3v) is 4.43. The predicted octanol–water partition coefficient (Wildman–Crippen LogP) is 0.464. The normalized spacial score (nSPS) is 19.9. The van der Waals surface area contributed by atoms with Gasteiger partial charge in [0.25, 0.3) is 0 Å². The number of nitrogens with zero attached hydrogens (tertiary/aromatic N) is 4. The molecule has 2 aromatic rings. The average Bonchev–Trinajstić information content (AvgIpc) is 2.96. The Bertz CT molecular complexity index is 776. The molecular weight excluding hydrogens is 296 g/mol. The quantitative estimate of drug-likeness (QED) is 0.756. The highest BCUT2D eigenvalue weighted by molar-refractivity contribution is 6.00. The van der Waals surface area contributed by atoms with Crippen molar-refractivity contribution in [2.75, 3.05) is 31.2 Å². The molecule has 0 saturated carbocycles. The summed E-state index contributed by atoms with van der Waals surface area (Å²) in [6.07, 6.45) is 4.95. The van der Waals surface area contributed by atoms with E-state index in [4.69, 9.17) is 4.74 Å². The number of fused-ring (bicyclic) bond motifs is 1. The van der Waals surface area contributed by atoms with Crippen LogP contribution in [0.1, 0.15) is 0 Å². The summed E-state index contributed by atoms with van der Waals surface area (Å²) >= 11 is 0. The molecule has 2 aromatic heterocycles. The second-order valence-electron chi connectivity index (χ2n) is 5.89. The minimum atomic E-state index is -0.477. The van der Waals surface area contributed by atoms with Gasteiger partial charge in [0.15, 0.2) is 5.82 Å². The molecule has 0 bridgehead atoms. The molecule has 0 aliphatic carbocycles. The summed E-state index contributed by atoms with van der Waals surface area (Å²) in [5, 5.41) is 0. The number of piperazine rings is 1. The lowest BCUT2D eigenvalue weighted by molar-refractivity contribution is -0.170. The van der Waals surface area contributed by atoms with E-state index in [0.717, 1.165) is 5.65 Å². The first kappa shape index (κ1) is 14.0. The maximum absolute atomic E-state index is 12.5. The van der Waals surface area contributed by atoms with E-state index in [2.05, 4.69) is 11.6 Å². The zero-order valence-corrected chi connectivity index (χ0v) is 12.5. The van der Waals surface area contributed by atoms with Crippen molar-refractivity contribution in [3.05, 3.63) is 43.2 Å². The molecule has 7 heteroatoms. The fourth-order valence-electron chi connectivity index (χ4n) is 3.12. The largest absolute Gasteiger partial charge is 0.376 e. The summed E-state index contributed by atoms with van der Waals surface area (Å²) in [5.41, 5.74) is 0.299. The number of carbonyl (C=O) groups excluding carboxylic acids is 2. The van der Waals surface area contributed by atoms with Crippen LogP contribution in [0.3, 0.4) is 0 Å². The molecule has 2 amide bonds. The minimum Gasteiger partial charge on any atom is -0.376 e. The van der Waals surface area contributed by atoms with Crippen molar-refractivity contribution in [2.45, 2.75) is 5.54 Å². The van der Waals surface area contributed by atoms with Gasteiger partial charge in [-0.05, 0) is 18.2 Å². The van der Waals surface area contributed by atoms with Gasteiger partial charge in [0.2, 0.25) is 11.8 Å². The summed E-state index contributed by atoms with van der Waals surface area (Å²) in [6, 6.07) is 5.69. The lowest BCUT2D eigenvalue weighted by Gasteiger charge is -2.53. The standard InChI is InChI=1S/C16H16N4O3/c1-2-14(21)20-8-15(22)19(9-16(20)10-23-11-16)13-7-18-6-4-3-5-12(18)17-13/h2-7H,1,8-11H2. The average molecular weight is 312 g/mol. The van der Waals surface area contributed by atoms with Crippen molar-refractivity contribution in [3.63, 3.8) is 0 Å². The summed E-state index contributed by atoms with van der Waals surface area (Å²) in [5.74, 6) is 0.204. The van der Waals surface area contributed by atoms with Gasteiger partial charge in [0, 0.05) is 6.20 Å². The van der Waals surface area contributed by atoms with Gasteiger partial charge in [-0.15, -0.1) is 0 Å². The maximum Gasteiger partial charge on any atom is 0.247 e. The molecular formula is C16H16N4O3. The van der Waals surface area contributed by atoms with Crippen molar-refractivity contribution >= 4 is 23.3 Å². The van der Waals surface area contributed by atoms with Crippen LogP contribution < -0.4 is 4.90 Å². The number of hydrogen-bond donors (Lipinski definition) is 0. The van der Waals surface area contributed by atoms with Crippen LogP contribution >= 0.6 is 0 Å². The van der Waals surface area contributed by atoms with Crippen LogP contribution in [0.4, 0.5) is 5.82 Å². The van der Waals surface area contributed by atoms with Crippen LogP contribution in [0, 0.1) is 0 Å². The van der Waals surface area contributed by atoms with Gasteiger partial charge in [0.05, 0.1) is 26.0 Å². The Morgan fingerprint density at radius 1 is 1.39 bits per heavy atom. The van der Waals surface area contributed by atoms with E-state index in [1.165, 1.54) is 6.08 Å². The van der Waals surface area contributed by atoms with Crippen molar-refractivity contribution < 1.29 is 14.3 Å². The van der Waals surface area contributed by atoms with Crippen LogP contribution in [0.15, 0.2) is 43.2 Å². The van der Waals surface area contributed by atoms with Gasteiger partial charge in [-0.3, -0.25) is 14.5 Å². The van der Waals surface area contributed by atoms with Crippen molar-refractivity contribution in [1.82, 2.24) is 14.3 Å². The Labute approximate surface area is 132 Å². The van der Waals surface area contributed by atoms with Crippen LogP contribution in [-0.4, -0.2) is 57.9 Å². The Morgan fingerprint density at radius 2 is 2.22 bits per heavy atom. The zero-order chi connectivity index (χ0) is 16.0. The van der Waals surface area contributed by atoms with Crippen LogP contribution in [0.5, 0.6) is 0 Å². The van der Waals surface area contributed by atoms with Gasteiger partial charge >= 0.3 is 0 Å². The molecule has 1 spiro atoms. The number of hydrogen-bond acceptors (Lipinski definition) is 4. The molecule has 0 unspecified atom stereocenters. The molecule has 23 heavy (non-hydrogen) atoms. The summed E-state index contributed by atoms with van der Waals surface area (Å²) in [7, 11) is 0. The van der Waals surface area contributed by atoms with E-state index in [1.807, 2.05) is 35.0 Å². The molecule has 7 nitrogen and oxygen atoms in total. The highest BCUT2D eigenvalue weighted by Crippen LogP contribution is 2.32. The third-order valence-electron chi connectivity index (χ3n) is 4.43. The molecule has 0 radical (unpaired) electrons. The summed E-state index contributed by atoms with van der Waals surface area (Å²) in [6.45, 7) is 4.76. The van der Waals surface area contributed by atoms with E-state index < -0.39 is 5.54 Å². The number of pyridine rings is 1. The van der Waals surface area contributed by atoms with Crippen molar-refractivity contribution in [3.8, 4) is 0 Å². The topological polar surface area (TPSA) is 67.2 Å². The van der Waals surface area contributed by atoms with E-state index in [-0.39, 0.29) is 18.4 Å². The Kier molecular flexibility index (Phi) is 2.99. The van der Waals surface area contributed by atoms with E-state index in [0.29, 0.717) is 25.6 Å². The first-order chi connectivity index (χ1) is 11.1. The first-order valence-electron chi connectivity index (χ1n) is 7.39. The SMILES string of the molecule is C=CC(=O)N1CC(=O)N(c2cn3ccccc3n2)CC12COC2. The molecule has 0 N–H and O–H groups in total. The van der Waals surface area contributed by atoms with Gasteiger partial charge < -0.3 is 14.0 Å². The molecule has 0 aromatic carbocycles. The number of anilines is 1. The molecule has 2 saturated heterocycles. The van der Waals surface area contributed by atoms with Crippen molar-refractivity contribution in [2.24, 2.45) is 0 Å². The molecule has 4 rings (SSSR count). The van der Waals surface area contributed by atoms with Gasteiger partial charge in [-0.25, -0.2) is 4.98 Å². The third kappa shape index (κ3) is 2.04. The van der Waals surface area contributed by atoms with Crippen LogP contribution in [-0.2, 0) is 14.3 Å². The molecule has 118 valence electrons. The van der Waals surface area contributed by atoms with Crippen molar-refractivity contribution in [1.29, 1.82) is 0 Å². The monoisotopic (exact) mass is 312 g/mol. The molecule has 0 atom stereocenters. The van der Waals surface area contributed by atoms with Gasteiger partial charge in [-0.2, -0.15) is 0 Å². The molecule has 2 aliphatic rings. The number of imidazole rings is 1. The number of rotatable bonds is 2. The Balaban J connectivity index is 1.69. The zero-order valence-electron chi connectivity index (χ0n) is 12.5. The lowest BCUT2D eigenvalue weighted by Crippen LogP contribution is -2.74. The summed E-state index contributed by atoms with van der Waals surface area (Å²) < 4.78 is 7.20. The highest BCUT2D eigenvalue weighted by Gasteiger charge is 2.52. The first-order valence-corrected chi connectivity index (χ1v) is 7.39. The predicted molar refractivity (Wildman–Crippen MR) is 83.0 cm³/mol. The maximum atomic E-state index is 12.5. The smallest absolute Gasteiger partial charge is 0.247 e. The van der Waals surface area contributed by atoms with Crippen LogP contribution in [0.25, 0.3) is 5.65 Å². The summed E-state index contributed by atoms with van der Waals surface area (Å²) in [4.78, 5) is 32.3. The number of carbonyl (C=O) groups is 2. The Morgan fingerprint density at radius 3 is 2.87 bits per heavy atom. The molecule has 2 fully saturated rings. The number of aromatic nitrogens is 2. The lowest BCUT2D eigenvalue weighted by atomic mass is 9.91. The number of amides is 2. The highest BCUT2D eigenvalue weighted by atomic mass is 16.5. The molecule has 4 heterocycles. The number of ether oxygens (including phenoxy) is 1. The fourth-order valence-corrected chi connectivity index (χ4v) is 3.12. The fraction of sp³-hybridized carbons (Fsp3) is 0.312. The van der Waals surface area contributed by atoms with Gasteiger partial charge in [0.1, 0.15) is 17.7 Å². The van der Waals surface area contributed by atoms with E-state index >= 15 is 0 Å². The van der Waals surface area contributed by atoms with E-state index in [1.54, 1.807) is 9.80 Å². The second kappa shape index (κ2) is 4.92. The van der Waals surface area contributed by atoms with Crippen LogP contribution in [0.2, 0.25) is 0 Å². The second-order valence-corrected chi connectivity index (χ2v) is 5.89.